The van der Waals surface area contributed by atoms with Crippen molar-refractivity contribution in [1.82, 2.24) is 16.0 Å². The van der Waals surface area contributed by atoms with Gasteiger partial charge in [0.1, 0.15) is 0 Å². The number of aliphatic hydroxyl groups excluding tert-OH is 1. The molecular weight excluding hydrogens is 479 g/mol. The number of rotatable bonds is 10. The summed E-state index contributed by atoms with van der Waals surface area (Å²) < 4.78 is 0. The molecule has 0 aromatic heterocycles. The maximum atomic E-state index is 12.1. The molecule has 1 aliphatic rings. The first-order chi connectivity index (χ1) is 13.7. The normalized spacial score (nSPS) is 15.9. The molecule has 4 N–H and O–H groups in total. The van der Waals surface area contributed by atoms with E-state index in [-0.39, 0.29) is 42.4 Å². The summed E-state index contributed by atoms with van der Waals surface area (Å²) in [5.41, 5.74) is 1.08. The summed E-state index contributed by atoms with van der Waals surface area (Å²) >= 11 is 0. The molecule has 0 aliphatic heterocycles. The number of hydrogen-bond acceptors (Lipinski definition) is 3. The lowest BCUT2D eigenvalue weighted by atomic mass is 9.87. The molecule has 0 bridgehead atoms. The van der Waals surface area contributed by atoms with Crippen LogP contribution in [0.5, 0.6) is 0 Å². The topological polar surface area (TPSA) is 85.8 Å². The van der Waals surface area contributed by atoms with Gasteiger partial charge in [0.15, 0.2) is 5.96 Å². The smallest absolute Gasteiger partial charge is 0.220 e. The van der Waals surface area contributed by atoms with Crippen LogP contribution in [0, 0.1) is 5.92 Å². The molecule has 1 aromatic carbocycles. The fourth-order valence-corrected chi connectivity index (χ4v) is 3.65. The van der Waals surface area contributed by atoms with E-state index in [1.54, 1.807) is 0 Å². The highest BCUT2D eigenvalue weighted by molar-refractivity contribution is 14.0. The number of aliphatic hydroxyl groups is 1. The van der Waals surface area contributed by atoms with Gasteiger partial charge in [0.2, 0.25) is 5.91 Å². The van der Waals surface area contributed by atoms with Crippen molar-refractivity contribution >= 4 is 35.8 Å². The number of benzene rings is 1. The average Bonchev–Trinajstić information content (AvgIpc) is 2.73. The van der Waals surface area contributed by atoms with Crippen LogP contribution >= 0.6 is 24.0 Å². The number of nitrogens with zero attached hydrogens (tertiary/aromatic N) is 1. The van der Waals surface area contributed by atoms with E-state index < -0.39 is 0 Å². The minimum absolute atomic E-state index is 0. The number of carbonyl (C=O) groups excluding carboxylic acids is 1. The second kappa shape index (κ2) is 15.5. The molecule has 0 spiro atoms. The molecule has 1 aromatic rings. The van der Waals surface area contributed by atoms with Crippen LogP contribution in [-0.4, -0.2) is 49.8 Å². The van der Waals surface area contributed by atoms with E-state index in [1.165, 1.54) is 32.1 Å². The van der Waals surface area contributed by atoms with Crippen LogP contribution in [0.1, 0.15) is 56.9 Å². The molecule has 0 saturated heterocycles. The molecule has 1 fully saturated rings. The Bertz CT molecular complexity index is 592. The van der Waals surface area contributed by atoms with E-state index in [0.717, 1.165) is 12.1 Å². The predicted octanol–water partition coefficient (Wildman–Crippen LogP) is 3.02. The van der Waals surface area contributed by atoms with E-state index in [1.807, 2.05) is 37.3 Å². The molecule has 164 valence electrons. The Kier molecular flexibility index (Phi) is 13.7. The fourth-order valence-electron chi connectivity index (χ4n) is 3.65. The van der Waals surface area contributed by atoms with Crippen molar-refractivity contribution in [3.63, 3.8) is 0 Å². The van der Waals surface area contributed by atoms with Gasteiger partial charge in [-0.25, -0.2) is 0 Å². The number of amides is 1. The first-order valence-corrected chi connectivity index (χ1v) is 10.7. The fraction of sp³-hybridized carbons (Fsp3) is 0.636. The van der Waals surface area contributed by atoms with Crippen molar-refractivity contribution < 1.29 is 9.90 Å². The molecule has 2 rings (SSSR count). The first kappa shape index (κ1) is 25.7. The van der Waals surface area contributed by atoms with Crippen LogP contribution in [0.4, 0.5) is 0 Å². The number of aliphatic imine (C=N–C) groups is 1. The van der Waals surface area contributed by atoms with Gasteiger partial charge < -0.3 is 21.1 Å². The predicted molar refractivity (Wildman–Crippen MR) is 130 cm³/mol. The van der Waals surface area contributed by atoms with Crippen LogP contribution in [0.25, 0.3) is 0 Å². The van der Waals surface area contributed by atoms with Gasteiger partial charge in [-0.05, 0) is 31.2 Å². The Balaban J connectivity index is 0.00000420. The molecular formula is C22H37IN4O2. The summed E-state index contributed by atoms with van der Waals surface area (Å²) in [7, 11) is 0. The van der Waals surface area contributed by atoms with Crippen molar-refractivity contribution in [1.29, 1.82) is 0 Å². The Labute approximate surface area is 192 Å². The maximum absolute atomic E-state index is 12.1. The van der Waals surface area contributed by atoms with Gasteiger partial charge in [-0.3, -0.25) is 9.79 Å². The van der Waals surface area contributed by atoms with Crippen molar-refractivity contribution in [2.45, 2.75) is 51.4 Å². The summed E-state index contributed by atoms with van der Waals surface area (Å²) in [5.74, 6) is 1.40. The second-order valence-corrected chi connectivity index (χ2v) is 7.49. The van der Waals surface area contributed by atoms with Crippen molar-refractivity contribution in [2.75, 3.05) is 32.8 Å². The van der Waals surface area contributed by atoms with E-state index in [9.17, 15) is 9.90 Å². The zero-order valence-electron chi connectivity index (χ0n) is 17.5. The molecule has 6 nitrogen and oxygen atoms in total. The van der Waals surface area contributed by atoms with Crippen LogP contribution in [0.2, 0.25) is 0 Å². The third-order valence-corrected chi connectivity index (χ3v) is 5.24. The lowest BCUT2D eigenvalue weighted by Crippen LogP contribution is -2.42. The van der Waals surface area contributed by atoms with E-state index in [4.69, 9.17) is 0 Å². The zero-order valence-corrected chi connectivity index (χ0v) is 19.9. The number of halogens is 1. The summed E-state index contributed by atoms with van der Waals surface area (Å²) in [5, 5.41) is 19.1. The van der Waals surface area contributed by atoms with E-state index in [2.05, 4.69) is 20.9 Å². The largest absolute Gasteiger partial charge is 0.396 e. The maximum Gasteiger partial charge on any atom is 0.220 e. The highest BCUT2D eigenvalue weighted by Crippen LogP contribution is 2.25. The van der Waals surface area contributed by atoms with Gasteiger partial charge in [0, 0.05) is 32.0 Å². The van der Waals surface area contributed by atoms with Gasteiger partial charge in [-0.1, -0.05) is 49.6 Å². The van der Waals surface area contributed by atoms with Gasteiger partial charge in [-0.15, -0.1) is 24.0 Å². The third kappa shape index (κ3) is 10.3. The van der Waals surface area contributed by atoms with Crippen LogP contribution in [0.3, 0.4) is 0 Å². The summed E-state index contributed by atoms with van der Waals surface area (Å²) in [4.78, 5) is 16.7. The summed E-state index contributed by atoms with van der Waals surface area (Å²) in [6.45, 7) is 4.54. The van der Waals surface area contributed by atoms with Crippen molar-refractivity contribution in [3.8, 4) is 0 Å². The number of guanidine groups is 1. The van der Waals surface area contributed by atoms with Crippen molar-refractivity contribution in [3.05, 3.63) is 35.9 Å². The second-order valence-electron chi connectivity index (χ2n) is 7.49. The molecule has 29 heavy (non-hydrogen) atoms. The molecule has 1 aliphatic carbocycles. The first-order valence-electron chi connectivity index (χ1n) is 10.7. The standard InChI is InChI=1S/C22H36N4O2.HI/c1-2-23-22(26-16-20(17-27)19-11-7-4-8-12-19)25-14-13-24-21(28)15-18-9-5-3-6-10-18;/h4,7-8,11-12,18,20,27H,2-3,5-6,9-10,13-17H2,1H3,(H,24,28)(H2,23,25,26);1H. The third-order valence-electron chi connectivity index (χ3n) is 5.24. The van der Waals surface area contributed by atoms with Crippen molar-refractivity contribution in [2.24, 2.45) is 10.9 Å². The Hall–Kier alpha value is -1.35. The minimum Gasteiger partial charge on any atom is -0.396 e. The van der Waals surface area contributed by atoms with Gasteiger partial charge >= 0.3 is 0 Å². The molecule has 1 amide bonds. The summed E-state index contributed by atoms with van der Waals surface area (Å²) in [6.07, 6.45) is 6.88. The highest BCUT2D eigenvalue weighted by atomic mass is 127. The molecule has 1 saturated carbocycles. The molecule has 1 atom stereocenters. The quantitative estimate of drug-likeness (QED) is 0.167. The molecule has 1 unspecified atom stereocenters. The zero-order chi connectivity index (χ0) is 20.0. The summed E-state index contributed by atoms with van der Waals surface area (Å²) in [6, 6.07) is 9.94. The van der Waals surface area contributed by atoms with E-state index in [0.29, 0.717) is 37.9 Å². The molecule has 7 heteroatoms. The van der Waals surface area contributed by atoms with Crippen LogP contribution in [-0.2, 0) is 4.79 Å². The number of carbonyl (C=O) groups is 1. The minimum atomic E-state index is -0.0214. The molecule has 0 radical (unpaired) electrons. The SMILES string of the molecule is CCNC(=NCC(CO)c1ccccc1)NCCNC(=O)CC1CCCCC1.I. The monoisotopic (exact) mass is 516 g/mol. The Morgan fingerprint density at radius 3 is 2.45 bits per heavy atom. The van der Waals surface area contributed by atoms with E-state index >= 15 is 0 Å². The average molecular weight is 516 g/mol. The van der Waals surface area contributed by atoms with Gasteiger partial charge in [-0.2, -0.15) is 0 Å². The van der Waals surface area contributed by atoms with Gasteiger partial charge in [0.05, 0.1) is 13.2 Å². The lowest BCUT2D eigenvalue weighted by Gasteiger charge is -2.21. The Morgan fingerprint density at radius 1 is 1.10 bits per heavy atom. The Morgan fingerprint density at radius 2 is 1.79 bits per heavy atom. The lowest BCUT2D eigenvalue weighted by molar-refractivity contribution is -0.122. The van der Waals surface area contributed by atoms with Crippen LogP contribution < -0.4 is 16.0 Å². The number of hydrogen-bond donors (Lipinski definition) is 4. The van der Waals surface area contributed by atoms with Gasteiger partial charge in [0.25, 0.3) is 0 Å². The number of nitrogens with one attached hydrogen (secondary N) is 3. The highest BCUT2D eigenvalue weighted by Gasteiger charge is 2.16. The molecule has 0 heterocycles. The van der Waals surface area contributed by atoms with Crippen LogP contribution in [0.15, 0.2) is 35.3 Å².